The van der Waals surface area contributed by atoms with Crippen molar-refractivity contribution >= 4 is 62.8 Å². The van der Waals surface area contributed by atoms with Gasteiger partial charge in [-0.15, -0.1) is 0 Å². The fraction of sp³-hybridized carbons (Fsp3) is 0.154. The molecule has 0 spiro atoms. The Labute approximate surface area is 280 Å². The third-order valence-electron chi connectivity index (χ3n) is 5.61. The minimum absolute atomic E-state index is 0.0646. The number of carbonyl (C=O) groups excluding carboxylic acids is 2. The van der Waals surface area contributed by atoms with Gasteiger partial charge in [-0.1, -0.05) is 23.2 Å². The summed E-state index contributed by atoms with van der Waals surface area (Å²) in [7, 11) is 0.468. The number of amides is 2. The van der Waals surface area contributed by atoms with E-state index in [4.69, 9.17) is 42.5 Å². The first-order chi connectivity index (χ1) is 22.6. The number of aromatic nitrogens is 4. The van der Waals surface area contributed by atoms with Crippen LogP contribution in [0.2, 0.25) is 10.0 Å². The number of nitrogens with zero attached hydrogens (tertiary/aromatic N) is 5. The molecule has 22 heteroatoms. The number of aromatic carboxylic acids is 1. The van der Waals surface area contributed by atoms with Crippen LogP contribution in [-0.2, 0) is 21.8 Å². The van der Waals surface area contributed by atoms with Gasteiger partial charge in [0.05, 0.1) is 43.5 Å². The predicted molar refractivity (Wildman–Crippen MR) is 166 cm³/mol. The number of rotatable bonds is 10. The van der Waals surface area contributed by atoms with Crippen LogP contribution in [0.3, 0.4) is 0 Å². The van der Waals surface area contributed by atoms with Gasteiger partial charge in [-0.25, -0.2) is 19.1 Å². The van der Waals surface area contributed by atoms with E-state index in [2.05, 4.69) is 25.1 Å². The van der Waals surface area contributed by atoms with Crippen LogP contribution in [0.4, 0.5) is 16.4 Å². The Balaban J connectivity index is 0.000000264. The molecule has 19 nitrogen and oxygen atoms in total. The number of aryl methyl sites for hydroxylation is 1. The first-order valence-electron chi connectivity index (χ1n) is 12.7. The zero-order valence-corrected chi connectivity index (χ0v) is 27.3. The van der Waals surface area contributed by atoms with Gasteiger partial charge in [0.2, 0.25) is 17.7 Å². The van der Waals surface area contributed by atoms with E-state index in [0.29, 0.717) is 10.8 Å². The molecule has 0 radical (unpaired) electrons. The Morgan fingerprint density at radius 2 is 1.62 bits per heavy atom. The van der Waals surface area contributed by atoms with E-state index in [-0.39, 0.29) is 39.7 Å². The SMILES string of the molecule is COC(=O)c1cc(Oc2ccc(Cl)cc2Cl)ccc1[N+](=O)[O-].COc1cc(OC)nc(NC(=O)NS(=O)(=O)c2c(C(=O)O)cnn2C)n1. The number of nitro benzene ring substituents is 1. The molecule has 2 heterocycles. The average molecular weight is 728 g/mol. The fourth-order valence-corrected chi connectivity index (χ4v) is 5.22. The maximum atomic E-state index is 12.3. The van der Waals surface area contributed by atoms with Gasteiger partial charge in [0.25, 0.3) is 15.7 Å². The van der Waals surface area contributed by atoms with Gasteiger partial charge in [0.15, 0.2) is 5.03 Å². The largest absolute Gasteiger partial charge is 0.481 e. The Morgan fingerprint density at radius 3 is 2.17 bits per heavy atom. The smallest absolute Gasteiger partial charge is 0.345 e. The summed E-state index contributed by atoms with van der Waals surface area (Å²) in [6.45, 7) is 0. The van der Waals surface area contributed by atoms with Gasteiger partial charge in [0.1, 0.15) is 22.6 Å². The molecular formula is C26H23Cl2N7O12S. The highest BCUT2D eigenvalue weighted by Gasteiger charge is 2.29. The summed E-state index contributed by atoms with van der Waals surface area (Å²) in [5.41, 5.74) is -1.18. The summed E-state index contributed by atoms with van der Waals surface area (Å²) in [5.74, 6) is -2.01. The minimum Gasteiger partial charge on any atom is -0.481 e. The third kappa shape index (κ3) is 9.18. The van der Waals surface area contributed by atoms with Gasteiger partial charge >= 0.3 is 18.0 Å². The maximum absolute atomic E-state index is 12.3. The first kappa shape index (κ1) is 36.7. The average Bonchev–Trinajstić information content (AvgIpc) is 3.44. The van der Waals surface area contributed by atoms with Gasteiger partial charge in [0, 0.05) is 24.2 Å². The lowest BCUT2D eigenvalue weighted by Crippen LogP contribution is -2.36. The van der Waals surface area contributed by atoms with Crippen molar-refractivity contribution in [1.29, 1.82) is 0 Å². The Bertz CT molecular complexity index is 1970. The van der Waals surface area contributed by atoms with Crippen LogP contribution in [-0.4, -0.2) is 77.5 Å². The molecule has 0 atom stereocenters. The van der Waals surface area contributed by atoms with Crippen molar-refractivity contribution in [1.82, 2.24) is 24.5 Å². The van der Waals surface area contributed by atoms with E-state index in [1.165, 1.54) is 45.5 Å². The number of hydrogen-bond acceptors (Lipinski definition) is 14. The normalized spacial score (nSPS) is 10.5. The highest BCUT2D eigenvalue weighted by molar-refractivity contribution is 7.90. The molecule has 0 saturated carbocycles. The molecule has 254 valence electrons. The molecule has 0 aliphatic heterocycles. The number of halogens is 2. The number of hydrogen-bond donors (Lipinski definition) is 3. The molecule has 48 heavy (non-hydrogen) atoms. The lowest BCUT2D eigenvalue weighted by atomic mass is 10.1. The fourth-order valence-electron chi connectivity index (χ4n) is 3.55. The van der Waals surface area contributed by atoms with Crippen LogP contribution in [0.1, 0.15) is 20.7 Å². The lowest BCUT2D eigenvalue weighted by molar-refractivity contribution is -0.385. The Morgan fingerprint density at radius 1 is 0.979 bits per heavy atom. The maximum Gasteiger partial charge on any atom is 0.345 e. The lowest BCUT2D eigenvalue weighted by Gasteiger charge is -2.10. The second-order valence-corrected chi connectivity index (χ2v) is 11.2. The third-order valence-corrected chi connectivity index (χ3v) is 7.59. The number of esters is 1. The molecule has 4 aromatic rings. The molecule has 4 rings (SSSR count). The van der Waals surface area contributed by atoms with E-state index in [1.807, 2.05) is 0 Å². The Kier molecular flexibility index (Phi) is 12.0. The van der Waals surface area contributed by atoms with Crippen LogP contribution in [0.25, 0.3) is 0 Å². The molecule has 2 amide bonds. The van der Waals surface area contributed by atoms with Gasteiger partial charge in [-0.2, -0.15) is 23.5 Å². The van der Waals surface area contributed by atoms with Crippen LogP contribution >= 0.6 is 23.2 Å². The molecule has 2 aromatic carbocycles. The number of sulfonamides is 1. The number of carboxylic acid groups (broad SMARTS) is 1. The standard InChI is InChI=1S/C14H9Cl2NO5.C12H14N6O7S/c1-21-14(18)10-7-9(3-4-12(10)17(19)20)22-13-5-2-8(15)6-11(13)16;1-18-9(6(5-13-18)10(19)20)26(22,23)17-12(21)16-11-14-7(24-2)4-8(15-11)25-3/h2-7H,1H3;4-5H,1-3H3,(H,19,20)(H2,14,15,16,17,21). The summed E-state index contributed by atoms with van der Waals surface area (Å²) >= 11 is 11.8. The van der Waals surface area contributed by atoms with Crippen molar-refractivity contribution in [3.8, 4) is 23.3 Å². The van der Waals surface area contributed by atoms with Crippen molar-refractivity contribution < 1.29 is 51.8 Å². The van der Waals surface area contributed by atoms with E-state index >= 15 is 0 Å². The molecule has 0 unspecified atom stereocenters. The monoisotopic (exact) mass is 727 g/mol. The van der Waals surface area contributed by atoms with E-state index in [1.54, 1.807) is 16.9 Å². The van der Waals surface area contributed by atoms with Crippen molar-refractivity contribution in [2.24, 2.45) is 7.05 Å². The van der Waals surface area contributed by atoms with Crippen LogP contribution in [0.15, 0.2) is 53.7 Å². The summed E-state index contributed by atoms with van der Waals surface area (Å²) in [5, 5.41) is 25.6. The second-order valence-electron chi connectivity index (χ2n) is 8.73. The van der Waals surface area contributed by atoms with Crippen molar-refractivity contribution in [2.45, 2.75) is 5.03 Å². The number of urea groups is 1. The van der Waals surface area contributed by atoms with Crippen molar-refractivity contribution in [3.63, 3.8) is 0 Å². The van der Waals surface area contributed by atoms with Gasteiger partial charge in [-0.3, -0.25) is 20.1 Å². The number of nitro groups is 1. The number of nitrogens with one attached hydrogen (secondary N) is 2. The van der Waals surface area contributed by atoms with Gasteiger partial charge in [-0.05, 0) is 24.3 Å². The number of benzene rings is 2. The van der Waals surface area contributed by atoms with E-state index < -0.39 is 43.5 Å². The zero-order chi connectivity index (χ0) is 35.8. The molecule has 2 aromatic heterocycles. The minimum atomic E-state index is -4.53. The summed E-state index contributed by atoms with van der Waals surface area (Å²) in [6.07, 6.45) is 0.852. The molecule has 0 saturated heterocycles. The van der Waals surface area contributed by atoms with Gasteiger partial charge < -0.3 is 24.1 Å². The molecule has 0 fully saturated rings. The first-order valence-corrected chi connectivity index (χ1v) is 14.9. The Hall–Kier alpha value is -5.73. The molecule has 0 aliphatic rings. The molecule has 0 aliphatic carbocycles. The quantitative estimate of drug-likeness (QED) is 0.119. The molecule has 0 bridgehead atoms. The topological polar surface area (TPSA) is 253 Å². The zero-order valence-electron chi connectivity index (χ0n) is 25.0. The summed E-state index contributed by atoms with van der Waals surface area (Å²) in [6, 6.07) is 8.47. The number of ether oxygens (including phenoxy) is 4. The van der Waals surface area contributed by atoms with Crippen LogP contribution in [0, 0.1) is 10.1 Å². The summed E-state index contributed by atoms with van der Waals surface area (Å²) in [4.78, 5) is 52.6. The predicted octanol–water partition coefficient (Wildman–Crippen LogP) is 3.92. The summed E-state index contributed by atoms with van der Waals surface area (Å²) < 4.78 is 46.9. The second kappa shape index (κ2) is 15.7. The highest BCUT2D eigenvalue weighted by Crippen LogP contribution is 2.33. The van der Waals surface area contributed by atoms with Crippen molar-refractivity contribution in [3.05, 3.63) is 79.9 Å². The highest BCUT2D eigenvalue weighted by atomic mass is 35.5. The van der Waals surface area contributed by atoms with Crippen LogP contribution in [0.5, 0.6) is 23.3 Å². The van der Waals surface area contributed by atoms with E-state index in [9.17, 15) is 32.9 Å². The number of carboxylic acids is 1. The van der Waals surface area contributed by atoms with Crippen LogP contribution < -0.4 is 24.2 Å². The number of carbonyl (C=O) groups is 3. The van der Waals surface area contributed by atoms with Crippen molar-refractivity contribution in [2.75, 3.05) is 26.6 Å². The molecular weight excluding hydrogens is 705 g/mol. The number of methoxy groups -OCH3 is 3. The molecule has 3 N–H and O–H groups in total. The van der Waals surface area contributed by atoms with E-state index in [0.717, 1.165) is 24.1 Å². The number of anilines is 1.